The van der Waals surface area contributed by atoms with Crippen LogP contribution in [0.4, 0.5) is 0 Å². The smallest absolute Gasteiger partial charge is 0.309 e. The third kappa shape index (κ3) is 3.57. The Morgan fingerprint density at radius 1 is 1.12 bits per heavy atom. The Morgan fingerprint density at radius 3 is 2.77 bits per heavy atom. The summed E-state index contributed by atoms with van der Waals surface area (Å²) in [5.74, 6) is 3.23. The lowest BCUT2D eigenvalue weighted by Gasteiger charge is -2.47. The summed E-state index contributed by atoms with van der Waals surface area (Å²) in [5.41, 5.74) is 0. The number of ether oxygens (including phenoxy) is 1. The van der Waals surface area contributed by atoms with Gasteiger partial charge in [-0.2, -0.15) is 0 Å². The van der Waals surface area contributed by atoms with Gasteiger partial charge in [0.1, 0.15) is 6.10 Å². The molecule has 0 radical (unpaired) electrons. The van der Waals surface area contributed by atoms with E-state index < -0.39 is 0 Å². The van der Waals surface area contributed by atoms with Crippen LogP contribution >= 0.6 is 0 Å². The first-order valence-electron chi connectivity index (χ1n) is 11.6. The van der Waals surface area contributed by atoms with Crippen LogP contribution < -0.4 is 0 Å². The zero-order valence-electron chi connectivity index (χ0n) is 17.0. The molecule has 0 amide bonds. The molecule has 1 unspecified atom stereocenters. The summed E-state index contributed by atoms with van der Waals surface area (Å²) >= 11 is 0. The lowest BCUT2D eigenvalue weighted by molar-refractivity contribution is -0.144. The second-order valence-corrected chi connectivity index (χ2v) is 9.67. The van der Waals surface area contributed by atoms with E-state index in [-0.39, 0.29) is 18.0 Å². The number of likely N-dealkylation sites (tertiary alicyclic amines) is 1. The number of fused-ring (bicyclic) bond motifs is 2. The zero-order valence-corrected chi connectivity index (χ0v) is 17.0. The monoisotopic (exact) mass is 361 g/mol. The van der Waals surface area contributed by atoms with Crippen LogP contribution in [0.1, 0.15) is 84.5 Å². The summed E-state index contributed by atoms with van der Waals surface area (Å²) in [7, 11) is 0. The van der Waals surface area contributed by atoms with Gasteiger partial charge in [0.15, 0.2) is 0 Å². The molecule has 26 heavy (non-hydrogen) atoms. The number of esters is 1. The quantitative estimate of drug-likeness (QED) is 0.643. The number of carbonyl (C=O) groups is 1. The Balaban J connectivity index is 1.41. The van der Waals surface area contributed by atoms with Crippen molar-refractivity contribution in [3.05, 3.63) is 0 Å². The Kier molecular flexibility index (Phi) is 5.93. The fraction of sp³-hybridized carbons (Fsp3) is 0.957. The largest absolute Gasteiger partial charge is 0.462 e. The molecular weight excluding hydrogens is 322 g/mol. The second kappa shape index (κ2) is 8.20. The van der Waals surface area contributed by atoms with E-state index in [0.29, 0.717) is 5.92 Å². The molecular formula is C23H39NO2. The first kappa shape index (κ1) is 18.8. The van der Waals surface area contributed by atoms with Gasteiger partial charge in [-0.25, -0.2) is 0 Å². The van der Waals surface area contributed by atoms with Gasteiger partial charge in [-0.1, -0.05) is 32.6 Å². The summed E-state index contributed by atoms with van der Waals surface area (Å²) in [6.45, 7) is 7.09. The zero-order chi connectivity index (χ0) is 18.1. The number of hydrogen-bond acceptors (Lipinski definition) is 3. The minimum absolute atomic E-state index is 0.124. The predicted octanol–water partition coefficient (Wildman–Crippen LogP) is 5.04. The number of nitrogens with zero attached hydrogens (tertiary/aromatic N) is 1. The molecule has 0 N–H and O–H groups in total. The lowest BCUT2D eigenvalue weighted by Crippen LogP contribution is -2.44. The Morgan fingerprint density at radius 2 is 1.92 bits per heavy atom. The van der Waals surface area contributed by atoms with Crippen LogP contribution in [0.3, 0.4) is 0 Å². The maximum atomic E-state index is 12.4. The van der Waals surface area contributed by atoms with Gasteiger partial charge in [-0.3, -0.25) is 4.79 Å². The molecule has 2 saturated heterocycles. The molecule has 3 nitrogen and oxygen atoms in total. The van der Waals surface area contributed by atoms with Gasteiger partial charge in [0.2, 0.25) is 0 Å². The molecule has 0 aromatic rings. The van der Waals surface area contributed by atoms with Crippen molar-refractivity contribution in [2.45, 2.75) is 96.6 Å². The standard InChI is InChI=1S/C23H39NO2/c1-3-18-10-6-7-13-24(18)14-8-12-20-19-11-5-4-9-17(19)15-21-22(20)16(2)26-23(21)25/h16-22H,3-15H2,1-2H3/t16-,17+,18?,19-,20+,21-,22+/m0/s1. The number of piperidine rings is 1. The molecule has 4 rings (SSSR count). The van der Waals surface area contributed by atoms with Crippen molar-refractivity contribution in [2.24, 2.45) is 29.6 Å². The predicted molar refractivity (Wildman–Crippen MR) is 105 cm³/mol. The van der Waals surface area contributed by atoms with Gasteiger partial charge in [0.25, 0.3) is 0 Å². The normalized spacial score (nSPS) is 43.6. The van der Waals surface area contributed by atoms with Crippen LogP contribution in [-0.2, 0) is 9.53 Å². The van der Waals surface area contributed by atoms with Gasteiger partial charge < -0.3 is 9.64 Å². The van der Waals surface area contributed by atoms with Gasteiger partial charge >= 0.3 is 5.97 Å². The van der Waals surface area contributed by atoms with Crippen molar-refractivity contribution in [2.75, 3.05) is 13.1 Å². The minimum atomic E-state index is 0.124. The van der Waals surface area contributed by atoms with Gasteiger partial charge in [0.05, 0.1) is 5.92 Å². The highest BCUT2D eigenvalue weighted by Gasteiger charge is 2.54. The fourth-order valence-corrected chi connectivity index (χ4v) is 7.19. The topological polar surface area (TPSA) is 29.5 Å². The van der Waals surface area contributed by atoms with Crippen LogP contribution in [0, 0.1) is 29.6 Å². The second-order valence-electron chi connectivity index (χ2n) is 9.67. The van der Waals surface area contributed by atoms with Crippen molar-refractivity contribution >= 4 is 5.97 Å². The highest BCUT2D eigenvalue weighted by molar-refractivity contribution is 5.75. The van der Waals surface area contributed by atoms with E-state index in [1.165, 1.54) is 77.3 Å². The molecule has 7 atom stereocenters. The number of carbonyl (C=O) groups excluding carboxylic acids is 1. The van der Waals surface area contributed by atoms with Crippen molar-refractivity contribution in [3.63, 3.8) is 0 Å². The maximum absolute atomic E-state index is 12.4. The number of rotatable bonds is 5. The molecule has 0 aromatic heterocycles. The summed E-state index contributed by atoms with van der Waals surface area (Å²) in [4.78, 5) is 15.2. The third-order valence-corrected chi connectivity index (χ3v) is 8.38. The van der Waals surface area contributed by atoms with E-state index in [1.807, 2.05) is 0 Å². The van der Waals surface area contributed by atoms with Gasteiger partial charge in [-0.15, -0.1) is 0 Å². The molecule has 2 aliphatic heterocycles. The third-order valence-electron chi connectivity index (χ3n) is 8.38. The highest BCUT2D eigenvalue weighted by Crippen LogP contribution is 2.54. The summed E-state index contributed by atoms with van der Waals surface area (Å²) in [6, 6.07) is 0.820. The number of cyclic esters (lactones) is 1. The molecule has 4 fully saturated rings. The average molecular weight is 362 g/mol. The molecule has 3 heteroatoms. The summed E-state index contributed by atoms with van der Waals surface area (Å²) < 4.78 is 5.73. The molecule has 2 aliphatic carbocycles. The molecule has 2 saturated carbocycles. The van der Waals surface area contributed by atoms with E-state index in [0.717, 1.165) is 30.2 Å². The van der Waals surface area contributed by atoms with E-state index in [9.17, 15) is 4.79 Å². The van der Waals surface area contributed by atoms with Crippen molar-refractivity contribution in [1.29, 1.82) is 0 Å². The van der Waals surface area contributed by atoms with E-state index in [2.05, 4.69) is 18.7 Å². The lowest BCUT2D eigenvalue weighted by atomic mass is 9.56. The Hall–Kier alpha value is -0.570. The van der Waals surface area contributed by atoms with Crippen molar-refractivity contribution < 1.29 is 9.53 Å². The van der Waals surface area contributed by atoms with Crippen LogP contribution in [0.5, 0.6) is 0 Å². The van der Waals surface area contributed by atoms with Crippen LogP contribution in [0.15, 0.2) is 0 Å². The maximum Gasteiger partial charge on any atom is 0.309 e. The Bertz CT molecular complexity index is 493. The first-order chi connectivity index (χ1) is 12.7. The molecule has 4 aliphatic rings. The molecule has 0 aromatic carbocycles. The summed E-state index contributed by atoms with van der Waals surface area (Å²) in [5, 5.41) is 0. The van der Waals surface area contributed by atoms with Gasteiger partial charge in [0, 0.05) is 12.0 Å². The van der Waals surface area contributed by atoms with Crippen LogP contribution in [0.25, 0.3) is 0 Å². The van der Waals surface area contributed by atoms with E-state index in [4.69, 9.17) is 4.74 Å². The molecule has 2 heterocycles. The van der Waals surface area contributed by atoms with E-state index >= 15 is 0 Å². The SMILES string of the molecule is CCC1CCCCN1CCC[C@@H]1[C@H]2CCCC[C@@H]2C[C@@H]2C(=O)O[C@@H](C)[C@H]12. The first-order valence-corrected chi connectivity index (χ1v) is 11.6. The van der Waals surface area contributed by atoms with Crippen molar-refractivity contribution in [1.82, 2.24) is 4.90 Å². The van der Waals surface area contributed by atoms with Crippen LogP contribution in [-0.4, -0.2) is 36.1 Å². The molecule has 148 valence electrons. The number of hydrogen-bond donors (Lipinski definition) is 0. The highest BCUT2D eigenvalue weighted by atomic mass is 16.6. The molecule has 0 spiro atoms. The molecule has 0 bridgehead atoms. The van der Waals surface area contributed by atoms with Gasteiger partial charge in [-0.05, 0) is 82.7 Å². The minimum Gasteiger partial charge on any atom is -0.462 e. The Labute approximate surface area is 160 Å². The fourth-order valence-electron chi connectivity index (χ4n) is 7.19. The average Bonchev–Trinajstić information content (AvgIpc) is 2.95. The van der Waals surface area contributed by atoms with Crippen LogP contribution in [0.2, 0.25) is 0 Å². The summed E-state index contributed by atoms with van der Waals surface area (Å²) in [6.07, 6.45) is 15.0. The van der Waals surface area contributed by atoms with E-state index in [1.54, 1.807) is 0 Å². The van der Waals surface area contributed by atoms with Crippen molar-refractivity contribution in [3.8, 4) is 0 Å².